The number of carbonyl (C=O) groups excluding carboxylic acids is 1. The summed E-state index contributed by atoms with van der Waals surface area (Å²) < 4.78 is 5.23. The van der Waals surface area contributed by atoms with Gasteiger partial charge in [-0.3, -0.25) is 4.79 Å². The van der Waals surface area contributed by atoms with Crippen molar-refractivity contribution in [2.45, 2.75) is 13.5 Å². The first-order valence-corrected chi connectivity index (χ1v) is 7.49. The largest absolute Gasteiger partial charge is 0.496 e. The van der Waals surface area contributed by atoms with Gasteiger partial charge in [0.1, 0.15) is 5.75 Å². The molecular weight excluding hydrogens is 260 g/mol. The number of benzene rings is 1. The maximum absolute atomic E-state index is 11.7. The van der Waals surface area contributed by atoms with Crippen molar-refractivity contribution in [3.63, 3.8) is 0 Å². The van der Waals surface area contributed by atoms with Crippen LogP contribution in [0.5, 0.6) is 5.75 Å². The number of nitrogens with one attached hydrogen (secondary N) is 1. The molecule has 5 heteroatoms. The van der Waals surface area contributed by atoms with Crippen LogP contribution in [-0.2, 0) is 11.3 Å². The fourth-order valence-electron chi connectivity index (χ4n) is 1.51. The van der Waals surface area contributed by atoms with Crippen molar-refractivity contribution in [3.8, 4) is 5.75 Å². The minimum absolute atomic E-state index is 0.0418. The molecule has 106 valence electrons. The van der Waals surface area contributed by atoms with Crippen LogP contribution in [-0.4, -0.2) is 31.1 Å². The standard InChI is InChI=1S/C14H22N2O2S/c1-11(7-15)9-19-10-14(17)16-8-12-5-3-4-6-13(12)18-2/h3-6,11H,7-10,15H2,1-2H3,(H,16,17). The molecule has 1 atom stereocenters. The first kappa shape index (κ1) is 15.9. The molecule has 0 aliphatic rings. The third-order valence-corrected chi connectivity index (χ3v) is 3.98. The van der Waals surface area contributed by atoms with Crippen LogP contribution < -0.4 is 15.8 Å². The summed E-state index contributed by atoms with van der Waals surface area (Å²) in [7, 11) is 1.63. The van der Waals surface area contributed by atoms with E-state index in [9.17, 15) is 4.79 Å². The Morgan fingerprint density at radius 3 is 2.89 bits per heavy atom. The molecule has 19 heavy (non-hydrogen) atoms. The minimum Gasteiger partial charge on any atom is -0.496 e. The molecule has 0 aliphatic heterocycles. The molecule has 4 nitrogen and oxygen atoms in total. The van der Waals surface area contributed by atoms with E-state index < -0.39 is 0 Å². The molecule has 0 spiro atoms. The number of ether oxygens (including phenoxy) is 1. The van der Waals surface area contributed by atoms with Crippen molar-refractivity contribution >= 4 is 17.7 Å². The van der Waals surface area contributed by atoms with Crippen molar-refractivity contribution in [2.75, 3.05) is 25.2 Å². The lowest BCUT2D eigenvalue weighted by Gasteiger charge is -2.10. The molecule has 0 saturated carbocycles. The second-order valence-electron chi connectivity index (χ2n) is 4.44. The number of rotatable bonds is 8. The number of carbonyl (C=O) groups is 1. The summed E-state index contributed by atoms with van der Waals surface area (Å²) in [6.45, 7) is 3.24. The molecule has 3 N–H and O–H groups in total. The molecule has 0 fully saturated rings. The summed E-state index contributed by atoms with van der Waals surface area (Å²) in [5.74, 6) is 2.68. The smallest absolute Gasteiger partial charge is 0.230 e. The van der Waals surface area contributed by atoms with Crippen LogP contribution in [0.1, 0.15) is 12.5 Å². The zero-order valence-corrected chi connectivity index (χ0v) is 12.3. The van der Waals surface area contributed by atoms with E-state index in [0.717, 1.165) is 17.1 Å². The average molecular weight is 282 g/mol. The highest BCUT2D eigenvalue weighted by molar-refractivity contribution is 7.99. The molecule has 0 radical (unpaired) electrons. The Balaban J connectivity index is 2.30. The fourth-order valence-corrected chi connectivity index (χ4v) is 2.46. The van der Waals surface area contributed by atoms with E-state index >= 15 is 0 Å². The van der Waals surface area contributed by atoms with Gasteiger partial charge in [-0.15, -0.1) is 0 Å². The molecule has 0 aliphatic carbocycles. The average Bonchev–Trinajstić information content (AvgIpc) is 2.45. The summed E-state index contributed by atoms with van der Waals surface area (Å²) >= 11 is 1.62. The van der Waals surface area contributed by atoms with Crippen LogP contribution in [0, 0.1) is 5.92 Å². The van der Waals surface area contributed by atoms with Gasteiger partial charge in [0.05, 0.1) is 12.9 Å². The molecule has 0 bridgehead atoms. The first-order valence-electron chi connectivity index (χ1n) is 6.33. The molecule has 0 heterocycles. The zero-order valence-electron chi connectivity index (χ0n) is 11.5. The number of thioether (sulfide) groups is 1. The quantitative estimate of drug-likeness (QED) is 0.761. The second kappa shape index (κ2) is 8.82. The number of para-hydroxylation sites is 1. The van der Waals surface area contributed by atoms with Crippen molar-refractivity contribution in [2.24, 2.45) is 11.7 Å². The van der Waals surface area contributed by atoms with E-state index in [2.05, 4.69) is 12.2 Å². The van der Waals surface area contributed by atoms with Gasteiger partial charge in [-0.1, -0.05) is 25.1 Å². The van der Waals surface area contributed by atoms with Crippen LogP contribution in [0.25, 0.3) is 0 Å². The van der Waals surface area contributed by atoms with Crippen LogP contribution in [0.2, 0.25) is 0 Å². The maximum Gasteiger partial charge on any atom is 0.230 e. The van der Waals surface area contributed by atoms with Crippen molar-refractivity contribution in [1.82, 2.24) is 5.32 Å². The first-order chi connectivity index (χ1) is 9.17. The lowest BCUT2D eigenvalue weighted by molar-refractivity contribution is -0.118. The molecule has 1 rings (SSSR count). The number of hydrogen-bond acceptors (Lipinski definition) is 4. The van der Waals surface area contributed by atoms with Crippen molar-refractivity contribution < 1.29 is 9.53 Å². The number of methoxy groups -OCH3 is 1. The van der Waals surface area contributed by atoms with Gasteiger partial charge in [0.2, 0.25) is 5.91 Å². The maximum atomic E-state index is 11.7. The van der Waals surface area contributed by atoms with E-state index in [1.165, 1.54) is 0 Å². The third kappa shape index (κ3) is 5.98. The van der Waals surface area contributed by atoms with E-state index in [4.69, 9.17) is 10.5 Å². The zero-order chi connectivity index (χ0) is 14.1. The van der Waals surface area contributed by atoms with Gasteiger partial charge in [-0.2, -0.15) is 11.8 Å². The third-order valence-electron chi connectivity index (χ3n) is 2.71. The predicted molar refractivity (Wildman–Crippen MR) is 80.4 cm³/mol. The monoisotopic (exact) mass is 282 g/mol. The Labute approximate surface area is 119 Å². The minimum atomic E-state index is 0.0418. The summed E-state index contributed by atoms with van der Waals surface area (Å²) in [4.78, 5) is 11.7. The highest BCUT2D eigenvalue weighted by Crippen LogP contribution is 2.16. The molecule has 0 aromatic heterocycles. The summed E-state index contributed by atoms with van der Waals surface area (Å²) in [5, 5.41) is 2.89. The van der Waals surface area contributed by atoms with E-state index in [1.54, 1.807) is 18.9 Å². The lowest BCUT2D eigenvalue weighted by atomic mass is 10.2. The van der Waals surface area contributed by atoms with Gasteiger partial charge >= 0.3 is 0 Å². The Kier molecular flexibility index (Phi) is 7.36. The van der Waals surface area contributed by atoms with E-state index in [0.29, 0.717) is 24.8 Å². The number of amides is 1. The van der Waals surface area contributed by atoms with Crippen LogP contribution in [0.4, 0.5) is 0 Å². The van der Waals surface area contributed by atoms with E-state index in [-0.39, 0.29) is 5.91 Å². The van der Waals surface area contributed by atoms with Crippen molar-refractivity contribution in [3.05, 3.63) is 29.8 Å². The van der Waals surface area contributed by atoms with Gasteiger partial charge in [0.25, 0.3) is 0 Å². The summed E-state index contributed by atoms with van der Waals surface area (Å²) in [6.07, 6.45) is 0. The van der Waals surface area contributed by atoms with Gasteiger partial charge in [0.15, 0.2) is 0 Å². The molecule has 1 amide bonds. The van der Waals surface area contributed by atoms with Gasteiger partial charge in [0, 0.05) is 12.1 Å². The SMILES string of the molecule is COc1ccccc1CNC(=O)CSCC(C)CN. The van der Waals surface area contributed by atoms with Crippen LogP contribution in [0.3, 0.4) is 0 Å². The Morgan fingerprint density at radius 1 is 1.47 bits per heavy atom. The lowest BCUT2D eigenvalue weighted by Crippen LogP contribution is -2.25. The molecule has 1 aromatic rings. The highest BCUT2D eigenvalue weighted by atomic mass is 32.2. The Bertz CT molecular complexity index is 399. The topological polar surface area (TPSA) is 64.3 Å². The summed E-state index contributed by atoms with van der Waals surface area (Å²) in [6, 6.07) is 7.68. The van der Waals surface area contributed by atoms with Crippen LogP contribution in [0.15, 0.2) is 24.3 Å². The number of hydrogen-bond donors (Lipinski definition) is 2. The van der Waals surface area contributed by atoms with E-state index in [1.807, 2.05) is 24.3 Å². The van der Waals surface area contributed by atoms with Gasteiger partial charge < -0.3 is 15.8 Å². The molecule has 0 saturated heterocycles. The van der Waals surface area contributed by atoms with Crippen molar-refractivity contribution in [1.29, 1.82) is 0 Å². The Morgan fingerprint density at radius 2 is 2.21 bits per heavy atom. The second-order valence-corrected chi connectivity index (χ2v) is 5.47. The molecule has 1 unspecified atom stereocenters. The Hall–Kier alpha value is -1.20. The predicted octanol–water partition coefficient (Wildman–Crippen LogP) is 1.64. The van der Waals surface area contributed by atoms with Gasteiger partial charge in [-0.05, 0) is 24.3 Å². The normalized spacial score (nSPS) is 11.9. The molecule has 1 aromatic carbocycles. The van der Waals surface area contributed by atoms with Gasteiger partial charge in [-0.25, -0.2) is 0 Å². The fraction of sp³-hybridized carbons (Fsp3) is 0.500. The van der Waals surface area contributed by atoms with Crippen LogP contribution >= 0.6 is 11.8 Å². The highest BCUT2D eigenvalue weighted by Gasteiger charge is 2.06. The molecular formula is C14H22N2O2S. The number of nitrogens with two attached hydrogens (primary N) is 1. The summed E-state index contributed by atoms with van der Waals surface area (Å²) in [5.41, 5.74) is 6.51.